The first-order valence-electron chi connectivity index (χ1n) is 6.55. The second kappa shape index (κ2) is 5.32. The predicted molar refractivity (Wildman–Crippen MR) is 76.7 cm³/mol. The van der Waals surface area contributed by atoms with Gasteiger partial charge in [-0.1, -0.05) is 12.1 Å². The van der Waals surface area contributed by atoms with Gasteiger partial charge in [0.05, 0.1) is 0 Å². The number of allylic oxidation sites excluding steroid dienone is 2. The summed E-state index contributed by atoms with van der Waals surface area (Å²) < 4.78 is 27.0. The third kappa shape index (κ3) is 2.58. The molecule has 2 aromatic rings. The quantitative estimate of drug-likeness (QED) is 0.808. The minimum atomic E-state index is -0.807. The number of rotatable bonds is 3. The predicted octanol–water partition coefficient (Wildman–Crippen LogP) is 4.39. The molecule has 0 amide bonds. The van der Waals surface area contributed by atoms with Gasteiger partial charge in [-0.3, -0.25) is 0 Å². The molecular formula is C15H14F2N2S. The van der Waals surface area contributed by atoms with Gasteiger partial charge in [0, 0.05) is 11.9 Å². The van der Waals surface area contributed by atoms with Crippen LogP contribution in [0.2, 0.25) is 0 Å². The van der Waals surface area contributed by atoms with Gasteiger partial charge in [-0.2, -0.15) is 0 Å². The first-order valence-corrected chi connectivity index (χ1v) is 6.96. The van der Waals surface area contributed by atoms with E-state index in [1.807, 2.05) is 6.20 Å². The SMILES string of the molecule is Fc1ccc(C2=CCC[C@@H]2Cc2c[nH]c(=S)[nH]2)cc1F. The number of aromatic nitrogens is 2. The maximum Gasteiger partial charge on any atom is 0.174 e. The molecule has 1 atom stereocenters. The van der Waals surface area contributed by atoms with E-state index in [2.05, 4.69) is 16.0 Å². The first-order chi connectivity index (χ1) is 9.63. The minimum absolute atomic E-state index is 0.307. The molecule has 1 aliphatic rings. The molecule has 1 aliphatic carbocycles. The molecule has 0 saturated heterocycles. The third-order valence-corrected chi connectivity index (χ3v) is 3.91. The van der Waals surface area contributed by atoms with Crippen molar-refractivity contribution < 1.29 is 8.78 Å². The van der Waals surface area contributed by atoms with Crippen LogP contribution in [0.3, 0.4) is 0 Å². The Morgan fingerprint density at radius 3 is 2.80 bits per heavy atom. The Hall–Kier alpha value is -1.75. The topological polar surface area (TPSA) is 31.6 Å². The maximum atomic E-state index is 13.4. The highest BCUT2D eigenvalue weighted by atomic mass is 32.1. The Morgan fingerprint density at radius 2 is 2.10 bits per heavy atom. The van der Waals surface area contributed by atoms with Gasteiger partial charge in [0.15, 0.2) is 16.4 Å². The number of halogens is 2. The van der Waals surface area contributed by atoms with Crippen molar-refractivity contribution in [1.82, 2.24) is 9.97 Å². The fraction of sp³-hybridized carbons (Fsp3) is 0.267. The number of nitrogens with one attached hydrogen (secondary N) is 2. The summed E-state index contributed by atoms with van der Waals surface area (Å²) in [4.78, 5) is 6.04. The summed E-state index contributed by atoms with van der Waals surface area (Å²) in [7, 11) is 0. The van der Waals surface area contributed by atoms with Gasteiger partial charge in [0.25, 0.3) is 0 Å². The lowest BCUT2D eigenvalue weighted by atomic mass is 9.91. The fourth-order valence-electron chi connectivity index (χ4n) is 2.75. The van der Waals surface area contributed by atoms with Gasteiger partial charge in [-0.25, -0.2) is 8.78 Å². The lowest BCUT2D eigenvalue weighted by Crippen LogP contribution is -2.04. The van der Waals surface area contributed by atoms with Crippen LogP contribution in [-0.4, -0.2) is 9.97 Å². The molecule has 104 valence electrons. The summed E-state index contributed by atoms with van der Waals surface area (Å²) >= 11 is 5.01. The maximum absolute atomic E-state index is 13.4. The van der Waals surface area contributed by atoms with Crippen LogP contribution in [0.4, 0.5) is 8.78 Å². The number of hydrogen-bond acceptors (Lipinski definition) is 1. The van der Waals surface area contributed by atoms with E-state index in [-0.39, 0.29) is 0 Å². The molecule has 3 rings (SSSR count). The summed E-state index contributed by atoms with van der Waals surface area (Å²) in [5.74, 6) is -1.30. The van der Waals surface area contributed by atoms with E-state index < -0.39 is 11.6 Å². The van der Waals surface area contributed by atoms with Crippen LogP contribution in [-0.2, 0) is 6.42 Å². The highest BCUT2D eigenvalue weighted by Gasteiger charge is 2.22. The van der Waals surface area contributed by atoms with E-state index in [0.29, 0.717) is 10.7 Å². The Kier molecular flexibility index (Phi) is 3.53. The van der Waals surface area contributed by atoms with Crippen molar-refractivity contribution in [2.45, 2.75) is 19.3 Å². The Morgan fingerprint density at radius 1 is 1.25 bits per heavy atom. The largest absolute Gasteiger partial charge is 0.337 e. The number of H-pyrrole nitrogens is 2. The monoisotopic (exact) mass is 292 g/mol. The molecule has 1 aromatic heterocycles. The molecule has 2 nitrogen and oxygen atoms in total. The molecule has 5 heteroatoms. The summed E-state index contributed by atoms with van der Waals surface area (Å²) in [6.07, 6.45) is 6.77. The minimum Gasteiger partial charge on any atom is -0.337 e. The van der Waals surface area contributed by atoms with Gasteiger partial charge < -0.3 is 9.97 Å². The highest BCUT2D eigenvalue weighted by Crippen LogP contribution is 2.36. The van der Waals surface area contributed by atoms with Gasteiger partial charge in [-0.05, 0) is 60.7 Å². The zero-order chi connectivity index (χ0) is 14.1. The van der Waals surface area contributed by atoms with Crippen LogP contribution >= 0.6 is 12.2 Å². The zero-order valence-electron chi connectivity index (χ0n) is 10.7. The molecule has 2 N–H and O–H groups in total. The molecular weight excluding hydrogens is 278 g/mol. The smallest absolute Gasteiger partial charge is 0.174 e. The lowest BCUT2D eigenvalue weighted by molar-refractivity contribution is 0.508. The Balaban J connectivity index is 1.84. The fourth-order valence-corrected chi connectivity index (χ4v) is 2.94. The molecule has 1 aromatic carbocycles. The van der Waals surface area contributed by atoms with Crippen molar-refractivity contribution in [2.24, 2.45) is 5.92 Å². The molecule has 1 heterocycles. The van der Waals surface area contributed by atoms with Crippen molar-refractivity contribution in [1.29, 1.82) is 0 Å². The van der Waals surface area contributed by atoms with Crippen LogP contribution in [0.5, 0.6) is 0 Å². The molecule has 20 heavy (non-hydrogen) atoms. The van der Waals surface area contributed by atoms with Crippen LogP contribution in [0.1, 0.15) is 24.1 Å². The summed E-state index contributed by atoms with van der Waals surface area (Å²) in [5.41, 5.74) is 2.89. The van der Waals surface area contributed by atoms with Gasteiger partial charge >= 0.3 is 0 Å². The summed E-state index contributed by atoms with van der Waals surface area (Å²) in [5, 5.41) is 0. The molecule has 0 bridgehead atoms. The molecule has 0 saturated carbocycles. The van der Waals surface area contributed by atoms with Gasteiger partial charge in [-0.15, -0.1) is 0 Å². The van der Waals surface area contributed by atoms with E-state index in [1.165, 1.54) is 12.1 Å². The molecule has 0 spiro atoms. The Bertz CT molecular complexity index is 715. The number of imidazole rings is 1. The van der Waals surface area contributed by atoms with E-state index in [9.17, 15) is 8.78 Å². The number of aromatic amines is 2. The summed E-state index contributed by atoms with van der Waals surface area (Å²) in [6, 6.07) is 4.10. The van der Waals surface area contributed by atoms with Gasteiger partial charge in [0.2, 0.25) is 0 Å². The Labute approximate surface area is 120 Å². The van der Waals surface area contributed by atoms with E-state index >= 15 is 0 Å². The van der Waals surface area contributed by atoms with Crippen molar-refractivity contribution in [3.8, 4) is 0 Å². The van der Waals surface area contributed by atoms with Gasteiger partial charge in [0.1, 0.15) is 0 Å². The van der Waals surface area contributed by atoms with Crippen molar-refractivity contribution in [2.75, 3.05) is 0 Å². The van der Waals surface area contributed by atoms with Crippen LogP contribution in [0, 0.1) is 22.3 Å². The standard InChI is InChI=1S/C15H14F2N2S/c16-13-5-4-10(7-14(13)17)12-3-1-2-9(12)6-11-8-18-15(20)19-11/h3-5,7-9H,1-2,6H2,(H2,18,19,20)/t9-/m1/s1. The average molecular weight is 292 g/mol. The zero-order valence-corrected chi connectivity index (χ0v) is 11.6. The van der Waals surface area contributed by atoms with Crippen LogP contribution in [0.25, 0.3) is 5.57 Å². The number of benzene rings is 1. The van der Waals surface area contributed by atoms with Crippen LogP contribution < -0.4 is 0 Å². The first kappa shape index (κ1) is 13.2. The number of hydrogen-bond donors (Lipinski definition) is 2. The van der Waals surface area contributed by atoms with E-state index in [0.717, 1.165) is 36.1 Å². The van der Waals surface area contributed by atoms with E-state index in [1.54, 1.807) is 6.07 Å². The van der Waals surface area contributed by atoms with E-state index in [4.69, 9.17) is 12.2 Å². The van der Waals surface area contributed by atoms with Crippen molar-refractivity contribution >= 4 is 17.8 Å². The molecule has 0 radical (unpaired) electrons. The molecule has 0 unspecified atom stereocenters. The normalized spacial score (nSPS) is 18.3. The average Bonchev–Trinajstić information content (AvgIpc) is 3.03. The van der Waals surface area contributed by atoms with Crippen LogP contribution in [0.15, 0.2) is 30.5 Å². The molecule has 0 aliphatic heterocycles. The molecule has 0 fully saturated rings. The third-order valence-electron chi connectivity index (χ3n) is 3.69. The summed E-state index contributed by atoms with van der Waals surface area (Å²) in [6.45, 7) is 0. The second-order valence-corrected chi connectivity index (χ2v) is 5.44. The van der Waals surface area contributed by atoms with Crippen molar-refractivity contribution in [3.63, 3.8) is 0 Å². The second-order valence-electron chi connectivity index (χ2n) is 5.03. The lowest BCUT2D eigenvalue weighted by Gasteiger charge is -2.14. The van der Waals surface area contributed by atoms with Crippen molar-refractivity contribution in [3.05, 3.63) is 58.1 Å². The highest BCUT2D eigenvalue weighted by molar-refractivity contribution is 7.71.